The SMILES string of the molecule is CN(Cc1ccsc1)C(=O)[C@H]1CC=CC[C@@H]1c1nc2ccccc2s1. The van der Waals surface area contributed by atoms with E-state index in [9.17, 15) is 4.79 Å². The maximum Gasteiger partial charge on any atom is 0.226 e. The van der Waals surface area contributed by atoms with Crippen LogP contribution in [0, 0.1) is 5.92 Å². The third-order valence-corrected chi connectivity index (χ3v) is 6.65. The Morgan fingerprint density at radius 2 is 2.08 bits per heavy atom. The van der Waals surface area contributed by atoms with Crippen LogP contribution in [0.5, 0.6) is 0 Å². The van der Waals surface area contributed by atoms with Crippen LogP contribution in [0.1, 0.15) is 29.3 Å². The molecule has 0 fully saturated rings. The average molecular weight is 369 g/mol. The van der Waals surface area contributed by atoms with Gasteiger partial charge in [-0.3, -0.25) is 4.79 Å². The second-order valence-electron chi connectivity index (χ2n) is 6.50. The maximum absolute atomic E-state index is 13.1. The van der Waals surface area contributed by atoms with Gasteiger partial charge in [0.25, 0.3) is 0 Å². The van der Waals surface area contributed by atoms with Crippen molar-refractivity contribution in [2.45, 2.75) is 25.3 Å². The van der Waals surface area contributed by atoms with Gasteiger partial charge in [-0.15, -0.1) is 11.3 Å². The van der Waals surface area contributed by atoms with Crippen molar-refractivity contribution in [3.8, 4) is 0 Å². The number of aromatic nitrogens is 1. The Hall–Kier alpha value is -1.98. The van der Waals surface area contributed by atoms with Crippen molar-refractivity contribution in [3.05, 3.63) is 63.8 Å². The van der Waals surface area contributed by atoms with Crippen molar-refractivity contribution in [1.82, 2.24) is 9.88 Å². The molecule has 0 aliphatic heterocycles. The molecule has 25 heavy (non-hydrogen) atoms. The lowest BCUT2D eigenvalue weighted by atomic mass is 9.82. The summed E-state index contributed by atoms with van der Waals surface area (Å²) in [7, 11) is 1.91. The first kappa shape index (κ1) is 16.5. The van der Waals surface area contributed by atoms with Crippen molar-refractivity contribution >= 4 is 38.8 Å². The first-order valence-electron chi connectivity index (χ1n) is 8.49. The van der Waals surface area contributed by atoms with Crippen LogP contribution in [0.25, 0.3) is 10.2 Å². The van der Waals surface area contributed by atoms with Crippen molar-refractivity contribution in [1.29, 1.82) is 0 Å². The van der Waals surface area contributed by atoms with Gasteiger partial charge in [-0.25, -0.2) is 4.98 Å². The molecule has 0 radical (unpaired) electrons. The number of thiophene rings is 1. The van der Waals surface area contributed by atoms with Gasteiger partial charge < -0.3 is 4.90 Å². The monoisotopic (exact) mass is 368 g/mol. The van der Waals surface area contributed by atoms with E-state index < -0.39 is 0 Å². The summed E-state index contributed by atoms with van der Waals surface area (Å²) in [5, 5.41) is 5.25. The molecule has 1 aliphatic carbocycles. The second kappa shape index (κ2) is 7.10. The molecule has 1 aromatic carbocycles. The van der Waals surface area contributed by atoms with Crippen LogP contribution in [-0.2, 0) is 11.3 Å². The Bertz CT molecular complexity index is 864. The summed E-state index contributed by atoms with van der Waals surface area (Å²) >= 11 is 3.40. The van der Waals surface area contributed by atoms with Crippen LogP contribution in [0.15, 0.2) is 53.2 Å². The van der Waals surface area contributed by atoms with Gasteiger partial charge in [0.1, 0.15) is 0 Å². The molecule has 5 heteroatoms. The van der Waals surface area contributed by atoms with E-state index in [1.54, 1.807) is 22.7 Å². The average Bonchev–Trinajstić information content (AvgIpc) is 3.30. The fourth-order valence-corrected chi connectivity index (χ4v) is 5.23. The van der Waals surface area contributed by atoms with Gasteiger partial charge in [-0.05, 0) is 47.4 Å². The molecule has 1 aliphatic rings. The molecule has 2 heterocycles. The van der Waals surface area contributed by atoms with Crippen LogP contribution < -0.4 is 0 Å². The van der Waals surface area contributed by atoms with Crippen molar-refractivity contribution in [3.63, 3.8) is 0 Å². The van der Waals surface area contributed by atoms with Gasteiger partial charge in [-0.1, -0.05) is 24.3 Å². The fraction of sp³-hybridized carbons (Fsp3) is 0.300. The van der Waals surface area contributed by atoms with Crippen LogP contribution in [-0.4, -0.2) is 22.8 Å². The summed E-state index contributed by atoms with van der Waals surface area (Å²) in [6.07, 6.45) is 6.03. The highest BCUT2D eigenvalue weighted by molar-refractivity contribution is 7.18. The van der Waals surface area contributed by atoms with E-state index in [0.717, 1.165) is 23.4 Å². The fourth-order valence-electron chi connectivity index (χ4n) is 3.43. The molecule has 2 atom stereocenters. The highest BCUT2D eigenvalue weighted by Gasteiger charge is 2.33. The lowest BCUT2D eigenvalue weighted by Crippen LogP contribution is -2.36. The maximum atomic E-state index is 13.1. The molecule has 4 rings (SSSR count). The van der Waals surface area contributed by atoms with Gasteiger partial charge in [0.15, 0.2) is 0 Å². The number of rotatable bonds is 4. The molecule has 0 saturated carbocycles. The first-order chi connectivity index (χ1) is 12.2. The van der Waals surface area contributed by atoms with Crippen molar-refractivity contribution < 1.29 is 4.79 Å². The Morgan fingerprint density at radius 1 is 1.24 bits per heavy atom. The molecule has 1 amide bonds. The summed E-state index contributed by atoms with van der Waals surface area (Å²) in [6.45, 7) is 0.676. The summed E-state index contributed by atoms with van der Waals surface area (Å²) < 4.78 is 1.20. The predicted molar refractivity (Wildman–Crippen MR) is 105 cm³/mol. The Kier molecular flexibility index (Phi) is 4.68. The minimum atomic E-state index is -0.0193. The number of amides is 1. The molecule has 0 N–H and O–H groups in total. The van der Waals surface area contributed by atoms with E-state index in [4.69, 9.17) is 4.98 Å². The van der Waals surface area contributed by atoms with Gasteiger partial charge in [0.05, 0.1) is 21.1 Å². The van der Waals surface area contributed by atoms with Crippen molar-refractivity contribution in [2.24, 2.45) is 5.92 Å². The van der Waals surface area contributed by atoms with Gasteiger partial charge >= 0.3 is 0 Å². The molecule has 2 aromatic heterocycles. The van der Waals surface area contributed by atoms with E-state index in [-0.39, 0.29) is 17.7 Å². The zero-order valence-electron chi connectivity index (χ0n) is 14.1. The number of hydrogen-bond donors (Lipinski definition) is 0. The first-order valence-corrected chi connectivity index (χ1v) is 10.2. The molecule has 3 aromatic rings. The number of nitrogens with zero attached hydrogens (tertiary/aromatic N) is 2. The Balaban J connectivity index is 1.58. The molecular weight excluding hydrogens is 348 g/mol. The number of allylic oxidation sites excluding steroid dienone is 2. The smallest absolute Gasteiger partial charge is 0.226 e. The minimum Gasteiger partial charge on any atom is -0.341 e. The number of carbonyl (C=O) groups excluding carboxylic acids is 1. The van der Waals surface area contributed by atoms with Crippen LogP contribution >= 0.6 is 22.7 Å². The Morgan fingerprint density at radius 3 is 2.88 bits per heavy atom. The lowest BCUT2D eigenvalue weighted by molar-refractivity contribution is -0.135. The predicted octanol–water partition coefficient (Wildman–Crippen LogP) is 5.07. The zero-order chi connectivity index (χ0) is 17.2. The molecule has 0 unspecified atom stereocenters. The third kappa shape index (κ3) is 3.39. The number of fused-ring (bicyclic) bond motifs is 1. The summed E-state index contributed by atoms with van der Waals surface area (Å²) in [5.74, 6) is 0.383. The van der Waals surface area contributed by atoms with Crippen LogP contribution in [0.3, 0.4) is 0 Å². The summed E-state index contributed by atoms with van der Waals surface area (Å²) in [5.41, 5.74) is 2.23. The topological polar surface area (TPSA) is 33.2 Å². The van der Waals surface area contributed by atoms with Gasteiger partial charge in [0.2, 0.25) is 5.91 Å². The second-order valence-corrected chi connectivity index (χ2v) is 8.34. The summed E-state index contributed by atoms with van der Waals surface area (Å²) in [6, 6.07) is 10.3. The number of benzene rings is 1. The quantitative estimate of drug-likeness (QED) is 0.603. The van der Waals surface area contributed by atoms with Gasteiger partial charge in [-0.2, -0.15) is 11.3 Å². The molecule has 0 saturated heterocycles. The van der Waals surface area contributed by atoms with E-state index >= 15 is 0 Å². The number of hydrogen-bond acceptors (Lipinski definition) is 4. The third-order valence-electron chi connectivity index (χ3n) is 4.75. The van der Waals surface area contributed by atoms with E-state index in [1.165, 1.54) is 10.3 Å². The normalized spacial score (nSPS) is 20.0. The van der Waals surface area contributed by atoms with E-state index in [0.29, 0.717) is 6.54 Å². The minimum absolute atomic E-state index is 0.0193. The van der Waals surface area contributed by atoms with Gasteiger partial charge in [0, 0.05) is 19.5 Å². The van der Waals surface area contributed by atoms with E-state index in [1.807, 2.05) is 30.1 Å². The Labute approximate surface area is 155 Å². The number of thiazole rings is 1. The highest BCUT2D eigenvalue weighted by atomic mass is 32.1. The molecular formula is C20H20N2OS2. The number of para-hydroxylation sites is 1. The van der Waals surface area contributed by atoms with Crippen LogP contribution in [0.2, 0.25) is 0 Å². The molecule has 3 nitrogen and oxygen atoms in total. The van der Waals surface area contributed by atoms with Crippen LogP contribution in [0.4, 0.5) is 0 Å². The summed E-state index contributed by atoms with van der Waals surface area (Å²) in [4.78, 5) is 19.8. The lowest BCUT2D eigenvalue weighted by Gasteiger charge is -2.30. The van der Waals surface area contributed by atoms with Crippen molar-refractivity contribution in [2.75, 3.05) is 7.05 Å². The molecule has 128 valence electrons. The standard InChI is InChI=1S/C20H20N2OS2/c1-22(12-14-10-11-24-13-14)20(23)16-7-3-2-6-15(16)19-21-17-8-4-5-9-18(17)25-19/h2-5,8-11,13,15-16H,6-7,12H2,1H3/t15-,16-/m0/s1. The van der Waals surface area contributed by atoms with E-state index in [2.05, 4.69) is 35.0 Å². The molecule has 0 bridgehead atoms. The highest BCUT2D eigenvalue weighted by Crippen LogP contribution is 2.39. The number of carbonyl (C=O) groups is 1. The largest absolute Gasteiger partial charge is 0.341 e. The zero-order valence-corrected chi connectivity index (χ0v) is 15.7. The molecule has 0 spiro atoms.